The molecule has 0 N–H and O–H groups in total. The predicted octanol–water partition coefficient (Wildman–Crippen LogP) is 8.82. The molecule has 0 atom stereocenters. The van der Waals surface area contributed by atoms with Gasteiger partial charge in [0.05, 0.1) is 0 Å². The van der Waals surface area contributed by atoms with Gasteiger partial charge in [0.25, 0.3) is 0 Å². The maximum atomic E-state index is 2.50. The quantitative estimate of drug-likeness (QED) is 0.208. The van der Waals surface area contributed by atoms with E-state index in [1.807, 2.05) is 3.21 Å². The van der Waals surface area contributed by atoms with Crippen molar-refractivity contribution in [2.24, 2.45) is 0 Å². The molecule has 1 heteroatoms. The van der Waals surface area contributed by atoms with Crippen LogP contribution >= 0.6 is 0 Å². The summed E-state index contributed by atoms with van der Waals surface area (Å²) in [7, 11) is 0. The molecule has 1 fully saturated rings. The van der Waals surface area contributed by atoms with E-state index in [1.54, 1.807) is 12.1 Å². The monoisotopic (exact) mass is 554 g/mol. The van der Waals surface area contributed by atoms with Gasteiger partial charge in [0.15, 0.2) is 0 Å². The van der Waals surface area contributed by atoms with Crippen molar-refractivity contribution in [1.82, 2.24) is 0 Å². The predicted molar refractivity (Wildman–Crippen MR) is 155 cm³/mol. The van der Waals surface area contributed by atoms with Crippen LogP contribution in [0.15, 0.2) is 113 Å². The fourth-order valence-corrected chi connectivity index (χ4v) is 15.5. The molecule has 1 saturated carbocycles. The number of fused-ring (bicyclic) bond motifs is 3. The van der Waals surface area contributed by atoms with Crippen LogP contribution in [0, 0.1) is 0 Å². The first-order chi connectivity index (χ1) is 18.4. The fraction of sp³-hybridized carbons (Fsp3) is 0.194. The van der Waals surface area contributed by atoms with Gasteiger partial charge in [-0.15, -0.1) is 0 Å². The zero-order valence-electron chi connectivity index (χ0n) is 21.3. The van der Waals surface area contributed by atoms with Crippen molar-refractivity contribution < 1.29 is 21.3 Å². The van der Waals surface area contributed by atoms with Crippen LogP contribution in [0.1, 0.15) is 49.7 Å². The summed E-state index contributed by atoms with van der Waals surface area (Å²) in [6.07, 6.45) is 16.3. The Hall–Kier alpha value is -2.89. The third-order valence-electron chi connectivity index (χ3n) is 8.42. The molecule has 0 heterocycles. The third-order valence-corrected chi connectivity index (χ3v) is 16.5. The average molecular weight is 556 g/mol. The van der Waals surface area contributed by atoms with Crippen molar-refractivity contribution in [2.75, 3.05) is 0 Å². The molecule has 180 valence electrons. The van der Waals surface area contributed by atoms with E-state index in [9.17, 15) is 0 Å². The number of rotatable bonds is 4. The molecular weight excluding hydrogens is 524 g/mol. The molecule has 7 rings (SSSR count). The molecule has 0 aliphatic heterocycles. The van der Waals surface area contributed by atoms with Gasteiger partial charge in [0.1, 0.15) is 0 Å². The zero-order valence-corrected chi connectivity index (χ0v) is 23.8. The second kappa shape index (κ2) is 10.1. The van der Waals surface area contributed by atoms with Crippen LogP contribution in [0.4, 0.5) is 0 Å². The van der Waals surface area contributed by atoms with Crippen LogP contribution in [0.3, 0.4) is 0 Å². The zero-order chi connectivity index (χ0) is 24.6. The van der Waals surface area contributed by atoms with Gasteiger partial charge < -0.3 is 0 Å². The Bertz CT molecular complexity index is 1560. The van der Waals surface area contributed by atoms with Crippen LogP contribution in [-0.2, 0) is 27.7 Å². The molecule has 3 aliphatic carbocycles. The van der Waals surface area contributed by atoms with E-state index >= 15 is 0 Å². The Labute approximate surface area is 228 Å². The van der Waals surface area contributed by atoms with Crippen LogP contribution in [0.2, 0.25) is 0 Å². The molecule has 4 aromatic carbocycles. The Kier molecular flexibility index (Phi) is 6.35. The Balaban J connectivity index is 1.45. The standard InChI is InChI=1S/C25H17.C6H10.C5H5.Zr/c1-3-7-18(8-4-1)20-11-13-24-22(15-20)17-23-16-21(12-14-25(23)24)19-9-5-2-6-10-19;1-2-4-6-5-3-1;1-2-4-5-3-1;/h1-15H,17H2;1-5H2;1-3H,4H2;. The Morgan fingerprint density at radius 1 is 0.595 bits per heavy atom. The van der Waals surface area contributed by atoms with Gasteiger partial charge in [-0.3, -0.25) is 0 Å². The minimum absolute atomic E-state index is 1.07. The Morgan fingerprint density at radius 3 is 2.03 bits per heavy atom. The first-order valence-electron chi connectivity index (χ1n) is 13.9. The van der Waals surface area contributed by atoms with Crippen molar-refractivity contribution >= 4 is 6.48 Å². The average Bonchev–Trinajstić information content (AvgIpc) is 3.63. The minimum atomic E-state index is -2.25. The van der Waals surface area contributed by atoms with E-state index in [0.717, 1.165) is 6.42 Å². The summed E-state index contributed by atoms with van der Waals surface area (Å²) in [5.74, 6) is 0. The van der Waals surface area contributed by atoms with E-state index in [1.165, 1.54) is 77.5 Å². The second-order valence-electron chi connectivity index (χ2n) is 10.7. The van der Waals surface area contributed by atoms with Crippen molar-refractivity contribution in [3.63, 3.8) is 0 Å². The summed E-state index contributed by atoms with van der Waals surface area (Å²) in [5, 5.41) is 0. The molecule has 3 aliphatic rings. The van der Waals surface area contributed by atoms with Crippen LogP contribution in [0.25, 0.3) is 33.4 Å². The van der Waals surface area contributed by atoms with Gasteiger partial charge in [0, 0.05) is 0 Å². The number of benzene rings is 4. The van der Waals surface area contributed by atoms with E-state index in [4.69, 9.17) is 0 Å². The molecule has 0 bridgehead atoms. The van der Waals surface area contributed by atoms with Gasteiger partial charge >= 0.3 is 230 Å². The maximum absolute atomic E-state index is 2.50. The molecule has 0 radical (unpaired) electrons. The second-order valence-corrected chi connectivity index (χ2v) is 17.0. The molecular formula is C36H32Zr. The van der Waals surface area contributed by atoms with Crippen molar-refractivity contribution in [1.29, 1.82) is 0 Å². The van der Waals surface area contributed by atoms with Gasteiger partial charge in [0.2, 0.25) is 0 Å². The van der Waals surface area contributed by atoms with E-state index in [-0.39, 0.29) is 0 Å². The van der Waals surface area contributed by atoms with Gasteiger partial charge in [-0.05, 0) is 0 Å². The topological polar surface area (TPSA) is 0 Å². The van der Waals surface area contributed by atoms with Gasteiger partial charge in [-0.2, -0.15) is 0 Å². The normalized spacial score (nSPS) is 15.9. The SMILES string of the molecule is C1=CC[C]([Zr](=[C]2CCCCC2)[c]2c(-c3ccccc3)ccc3c2Cc2cc(-c4ccccc4)ccc2-3)=C1. The molecule has 0 saturated heterocycles. The van der Waals surface area contributed by atoms with Gasteiger partial charge in [-0.1, -0.05) is 0 Å². The number of hydrogen-bond acceptors (Lipinski definition) is 0. The van der Waals surface area contributed by atoms with Crippen molar-refractivity contribution in [2.45, 2.75) is 44.9 Å². The summed E-state index contributed by atoms with van der Waals surface area (Å²) in [6, 6.07) is 34.2. The summed E-state index contributed by atoms with van der Waals surface area (Å²) < 4.78 is 5.51. The Morgan fingerprint density at radius 2 is 1.30 bits per heavy atom. The van der Waals surface area contributed by atoms with Crippen LogP contribution in [0.5, 0.6) is 0 Å². The van der Waals surface area contributed by atoms with Crippen LogP contribution in [-0.4, -0.2) is 3.21 Å². The first kappa shape index (κ1) is 23.2. The van der Waals surface area contributed by atoms with Crippen molar-refractivity contribution in [3.05, 3.63) is 124 Å². The molecule has 0 aromatic heterocycles. The summed E-state index contributed by atoms with van der Waals surface area (Å²) >= 11 is -2.25. The number of allylic oxidation sites excluding steroid dienone is 4. The summed E-state index contributed by atoms with van der Waals surface area (Å²) in [5.41, 5.74) is 11.6. The molecule has 4 aromatic rings. The summed E-state index contributed by atoms with van der Waals surface area (Å²) in [6.45, 7) is 0. The van der Waals surface area contributed by atoms with Gasteiger partial charge in [-0.25, -0.2) is 0 Å². The number of hydrogen-bond donors (Lipinski definition) is 0. The molecule has 0 unspecified atom stereocenters. The molecule has 37 heavy (non-hydrogen) atoms. The fourth-order valence-electron chi connectivity index (χ4n) is 6.66. The van der Waals surface area contributed by atoms with Crippen LogP contribution < -0.4 is 3.27 Å². The third kappa shape index (κ3) is 4.32. The van der Waals surface area contributed by atoms with Crippen molar-refractivity contribution in [3.8, 4) is 33.4 Å². The van der Waals surface area contributed by atoms with E-state index in [0.29, 0.717) is 0 Å². The van der Waals surface area contributed by atoms with E-state index < -0.39 is 21.3 Å². The van der Waals surface area contributed by atoms with E-state index in [2.05, 4.69) is 109 Å². The first-order valence-corrected chi connectivity index (χ1v) is 17.5. The molecule has 0 amide bonds. The summed E-state index contributed by atoms with van der Waals surface area (Å²) in [4.78, 5) is 0. The molecule has 0 nitrogen and oxygen atoms in total. The molecule has 0 spiro atoms.